The summed E-state index contributed by atoms with van der Waals surface area (Å²) >= 11 is 0. The van der Waals surface area contributed by atoms with Crippen LogP contribution in [0.1, 0.15) is 59.7 Å². The second-order valence-corrected chi connectivity index (χ2v) is 11.5. The average Bonchev–Trinajstić information content (AvgIpc) is 2.95. The summed E-state index contributed by atoms with van der Waals surface area (Å²) in [5.41, 5.74) is 0.854. The molecule has 2 fully saturated rings. The molecule has 11 nitrogen and oxygen atoms in total. The van der Waals surface area contributed by atoms with Crippen LogP contribution in [0.4, 0.5) is 0 Å². The highest BCUT2D eigenvalue weighted by Crippen LogP contribution is 2.43. The van der Waals surface area contributed by atoms with Crippen LogP contribution in [-0.2, 0) is 9.53 Å². The van der Waals surface area contributed by atoms with Gasteiger partial charge in [-0.15, -0.1) is 0 Å². The van der Waals surface area contributed by atoms with Crippen LogP contribution in [-0.4, -0.2) is 92.8 Å². The van der Waals surface area contributed by atoms with Gasteiger partial charge in [0.1, 0.15) is 41.7 Å². The zero-order chi connectivity index (χ0) is 29.4. The average molecular weight is 572 g/mol. The van der Waals surface area contributed by atoms with Gasteiger partial charge < -0.3 is 40.3 Å². The Morgan fingerprint density at radius 3 is 2.46 bits per heavy atom. The van der Waals surface area contributed by atoms with Gasteiger partial charge in [-0.2, -0.15) is 0 Å². The van der Waals surface area contributed by atoms with Crippen molar-refractivity contribution in [1.82, 2.24) is 5.32 Å². The third-order valence-corrected chi connectivity index (χ3v) is 8.63. The minimum absolute atomic E-state index is 0.0658. The molecule has 1 heterocycles. The molecule has 41 heavy (non-hydrogen) atoms. The zero-order valence-corrected chi connectivity index (χ0v) is 22.8. The van der Waals surface area contributed by atoms with Crippen molar-refractivity contribution in [2.45, 2.75) is 75.8 Å². The van der Waals surface area contributed by atoms with E-state index in [1.54, 1.807) is 19.1 Å². The first-order valence-electron chi connectivity index (χ1n) is 14.1. The van der Waals surface area contributed by atoms with Gasteiger partial charge in [-0.25, -0.2) is 0 Å². The molecule has 222 valence electrons. The van der Waals surface area contributed by atoms with Crippen LogP contribution in [0.15, 0.2) is 41.7 Å². The lowest BCUT2D eigenvalue weighted by molar-refractivity contribution is -0.277. The summed E-state index contributed by atoms with van der Waals surface area (Å²) in [5, 5.41) is 54.3. The highest BCUT2D eigenvalue weighted by atomic mass is 16.7. The van der Waals surface area contributed by atoms with Gasteiger partial charge in [0, 0.05) is 11.6 Å². The molecule has 4 aliphatic rings. The Balaban J connectivity index is 1.32. The molecule has 0 unspecified atom stereocenters. The van der Waals surface area contributed by atoms with Crippen LogP contribution < -0.4 is 10.1 Å². The van der Waals surface area contributed by atoms with Crippen molar-refractivity contribution in [3.05, 3.63) is 52.8 Å². The monoisotopic (exact) mass is 571 g/mol. The number of hydrogen-bond acceptors (Lipinski definition) is 11. The fourth-order valence-electron chi connectivity index (χ4n) is 6.40. The number of aliphatic hydroxyl groups is 5. The van der Waals surface area contributed by atoms with Crippen molar-refractivity contribution in [2.24, 2.45) is 17.8 Å². The molecule has 1 saturated heterocycles. The molecule has 0 spiro atoms. The van der Waals surface area contributed by atoms with Gasteiger partial charge in [0.25, 0.3) is 0 Å². The number of rotatable bonds is 8. The van der Waals surface area contributed by atoms with Gasteiger partial charge in [0.05, 0.1) is 30.6 Å². The van der Waals surface area contributed by atoms with E-state index < -0.39 is 54.9 Å². The molecule has 1 aromatic carbocycles. The maximum absolute atomic E-state index is 13.7. The van der Waals surface area contributed by atoms with Crippen LogP contribution in [0.3, 0.4) is 0 Å². The van der Waals surface area contributed by atoms with E-state index in [4.69, 9.17) is 9.47 Å². The van der Waals surface area contributed by atoms with Crippen molar-refractivity contribution < 1.29 is 49.4 Å². The van der Waals surface area contributed by atoms with Crippen molar-refractivity contribution in [1.29, 1.82) is 0 Å². The summed E-state index contributed by atoms with van der Waals surface area (Å²) in [4.78, 5) is 38.6. The van der Waals surface area contributed by atoms with E-state index in [9.17, 15) is 39.9 Å². The molecular weight excluding hydrogens is 534 g/mol. The lowest BCUT2D eigenvalue weighted by atomic mass is 9.69. The quantitative estimate of drug-likeness (QED) is 0.262. The predicted octanol–water partition coefficient (Wildman–Crippen LogP) is 0.986. The number of benzene rings is 1. The maximum atomic E-state index is 13.7. The van der Waals surface area contributed by atoms with Crippen molar-refractivity contribution >= 4 is 17.3 Å². The number of ether oxygens (including phenoxy) is 2. The largest absolute Gasteiger partial charge is 0.511 e. The highest BCUT2D eigenvalue weighted by Gasteiger charge is 2.48. The lowest BCUT2D eigenvalue weighted by Gasteiger charge is -2.40. The SMILES string of the molecule is CC(=O)CNC1CCC(CC2=C[C@@H]3C(=O)c4cccc(O[C@@H]5O[C@H](CO)[C@@H](O)[C@H](O)[C@H]5O)c4C(=O)[C@@H]3C(O)=C2)CC1. The molecule has 11 heteroatoms. The first kappa shape index (κ1) is 29.6. The first-order chi connectivity index (χ1) is 19.6. The molecule has 6 N–H and O–H groups in total. The summed E-state index contributed by atoms with van der Waals surface area (Å²) in [6.07, 6.45) is 0.100. The third-order valence-electron chi connectivity index (χ3n) is 8.63. The number of allylic oxidation sites excluding steroid dienone is 4. The van der Waals surface area contributed by atoms with E-state index in [2.05, 4.69) is 5.32 Å². The number of fused-ring (bicyclic) bond motifs is 2. The number of hydrogen-bond donors (Lipinski definition) is 6. The second-order valence-electron chi connectivity index (χ2n) is 11.5. The Kier molecular flexibility index (Phi) is 8.74. The van der Waals surface area contributed by atoms with Gasteiger partial charge in [-0.05, 0) is 62.7 Å². The van der Waals surface area contributed by atoms with Crippen LogP contribution >= 0.6 is 0 Å². The van der Waals surface area contributed by atoms with Crippen LogP contribution in [0, 0.1) is 17.8 Å². The van der Waals surface area contributed by atoms with Gasteiger partial charge >= 0.3 is 0 Å². The number of ketones is 3. The molecular formula is C30H37NO10. The number of carbonyl (C=O) groups is 3. The summed E-state index contributed by atoms with van der Waals surface area (Å²) in [6, 6.07) is 4.74. The first-order valence-corrected chi connectivity index (χ1v) is 14.1. The summed E-state index contributed by atoms with van der Waals surface area (Å²) < 4.78 is 11.2. The number of nitrogens with one attached hydrogen (secondary N) is 1. The van der Waals surface area contributed by atoms with E-state index in [1.807, 2.05) is 0 Å². The Bertz CT molecular complexity index is 1250. The molecule has 1 saturated carbocycles. The molecule has 1 aromatic rings. The standard InChI is InChI=1S/C30H37NO10/c1-14(33)12-31-17-7-5-15(6-8-17)9-16-10-19-23(20(34)11-16)27(37)24-18(25(19)35)3-2-4-21(24)40-30-29(39)28(38)26(36)22(13-32)41-30/h2-4,10-11,15,17,19,22-23,26,28-32,34,36,38-39H,5-9,12-13H2,1H3/t15?,17?,19-,22+,23-,26+,28-,29+,30+/m0/s1. The Hall–Kier alpha value is -2.93. The van der Waals surface area contributed by atoms with E-state index in [0.29, 0.717) is 24.9 Å². The fourth-order valence-corrected chi connectivity index (χ4v) is 6.40. The summed E-state index contributed by atoms with van der Waals surface area (Å²) in [7, 11) is 0. The van der Waals surface area contributed by atoms with Gasteiger partial charge in [-0.3, -0.25) is 14.4 Å². The molecule has 0 aromatic heterocycles. The summed E-state index contributed by atoms with van der Waals surface area (Å²) in [6.45, 7) is 1.28. The fraction of sp³-hybridized carbons (Fsp3) is 0.567. The molecule has 0 radical (unpaired) electrons. The number of aliphatic hydroxyl groups excluding tert-OH is 5. The van der Waals surface area contributed by atoms with Gasteiger partial charge in [0.2, 0.25) is 6.29 Å². The Morgan fingerprint density at radius 2 is 1.78 bits per heavy atom. The molecule has 3 aliphatic carbocycles. The van der Waals surface area contributed by atoms with Crippen LogP contribution in [0.5, 0.6) is 5.75 Å². The second kappa shape index (κ2) is 12.1. The van der Waals surface area contributed by atoms with Crippen molar-refractivity contribution in [2.75, 3.05) is 13.2 Å². The Morgan fingerprint density at radius 1 is 1.05 bits per heavy atom. The lowest BCUT2D eigenvalue weighted by Crippen LogP contribution is -2.60. The smallest absolute Gasteiger partial charge is 0.229 e. The topological polar surface area (TPSA) is 183 Å². The summed E-state index contributed by atoms with van der Waals surface area (Å²) in [5.74, 6) is -2.68. The molecule has 0 amide bonds. The minimum Gasteiger partial charge on any atom is -0.511 e. The number of Topliss-reactive ketones (excluding diaryl/α,β-unsaturated/α-hetero) is 3. The number of carbonyl (C=O) groups excluding carboxylic acids is 3. The van der Waals surface area contributed by atoms with Gasteiger partial charge in [-0.1, -0.05) is 18.2 Å². The highest BCUT2D eigenvalue weighted by molar-refractivity contribution is 6.19. The molecule has 1 aliphatic heterocycles. The van der Waals surface area contributed by atoms with E-state index in [-0.39, 0.29) is 34.2 Å². The van der Waals surface area contributed by atoms with E-state index in [1.165, 1.54) is 18.2 Å². The van der Waals surface area contributed by atoms with Crippen molar-refractivity contribution in [3.8, 4) is 5.75 Å². The van der Waals surface area contributed by atoms with Gasteiger partial charge in [0.15, 0.2) is 11.6 Å². The minimum atomic E-state index is -1.70. The molecule has 0 bridgehead atoms. The van der Waals surface area contributed by atoms with Crippen LogP contribution in [0.2, 0.25) is 0 Å². The normalized spacial score (nSPS) is 35.2. The van der Waals surface area contributed by atoms with Crippen LogP contribution in [0.25, 0.3) is 0 Å². The van der Waals surface area contributed by atoms with E-state index in [0.717, 1.165) is 31.3 Å². The molecule has 5 rings (SSSR count). The Labute approximate surface area is 237 Å². The molecule has 7 atom stereocenters. The zero-order valence-electron chi connectivity index (χ0n) is 22.8. The van der Waals surface area contributed by atoms with Crippen molar-refractivity contribution in [3.63, 3.8) is 0 Å². The maximum Gasteiger partial charge on any atom is 0.229 e. The van der Waals surface area contributed by atoms with E-state index >= 15 is 0 Å². The predicted molar refractivity (Wildman–Crippen MR) is 144 cm³/mol. The third kappa shape index (κ3) is 5.88.